The molecular weight excluding hydrogens is 294 g/mol. The van der Waals surface area contributed by atoms with Gasteiger partial charge >= 0.3 is 0 Å². The number of carbonyl (C=O) groups excluding carboxylic acids is 1. The second-order valence-corrected chi connectivity index (χ2v) is 6.73. The van der Waals surface area contributed by atoms with Crippen molar-refractivity contribution >= 4 is 17.3 Å². The standard InChI is InChI=1S/C17H21N3O3/c1-10-7-14(5-6-16(10)20(22)23)17(21)19-18-11(2)15-9-12-3-4-13(15)8-12/h5-7,12-13,15H,3-4,8-9H2,1-2H3,(H,19,21)/b18-11-/t12-,13-,15+/m0/s1. The Hall–Kier alpha value is -2.24. The van der Waals surface area contributed by atoms with Crippen LogP contribution in [0.25, 0.3) is 0 Å². The van der Waals surface area contributed by atoms with Crippen LogP contribution in [0.15, 0.2) is 23.3 Å². The normalized spacial score (nSPS) is 26.3. The number of amides is 1. The highest BCUT2D eigenvalue weighted by molar-refractivity contribution is 5.96. The molecule has 0 unspecified atom stereocenters. The molecule has 0 saturated heterocycles. The van der Waals surface area contributed by atoms with Gasteiger partial charge in [0, 0.05) is 28.8 Å². The average Bonchev–Trinajstić information content (AvgIpc) is 3.14. The molecule has 0 aliphatic heterocycles. The molecule has 122 valence electrons. The highest BCUT2D eigenvalue weighted by atomic mass is 16.6. The molecule has 2 bridgehead atoms. The Morgan fingerprint density at radius 3 is 2.70 bits per heavy atom. The Bertz CT molecular complexity index is 684. The van der Waals surface area contributed by atoms with Crippen molar-refractivity contribution in [1.29, 1.82) is 0 Å². The van der Waals surface area contributed by atoms with Gasteiger partial charge in [0.05, 0.1) is 4.92 Å². The van der Waals surface area contributed by atoms with Crippen LogP contribution in [0.1, 0.15) is 48.5 Å². The van der Waals surface area contributed by atoms with E-state index in [9.17, 15) is 14.9 Å². The van der Waals surface area contributed by atoms with Crippen LogP contribution in [0.5, 0.6) is 0 Å². The van der Waals surface area contributed by atoms with Crippen molar-refractivity contribution in [2.24, 2.45) is 22.9 Å². The van der Waals surface area contributed by atoms with Crippen molar-refractivity contribution in [1.82, 2.24) is 5.43 Å². The number of aryl methyl sites for hydroxylation is 1. The first kappa shape index (κ1) is 15.6. The van der Waals surface area contributed by atoms with Crippen molar-refractivity contribution in [2.45, 2.75) is 39.5 Å². The van der Waals surface area contributed by atoms with Gasteiger partial charge in [0.15, 0.2) is 0 Å². The fraction of sp³-hybridized carbons (Fsp3) is 0.529. The summed E-state index contributed by atoms with van der Waals surface area (Å²) in [7, 11) is 0. The number of carbonyl (C=O) groups is 1. The molecule has 6 nitrogen and oxygen atoms in total. The molecular formula is C17H21N3O3. The molecule has 2 aliphatic rings. The minimum Gasteiger partial charge on any atom is -0.267 e. The second-order valence-electron chi connectivity index (χ2n) is 6.73. The SMILES string of the molecule is C/C(=N/NC(=O)c1ccc([N+](=O)[O-])c(C)c1)[C@H]1C[C@H]2CC[C@H]1C2. The molecule has 1 N–H and O–H groups in total. The van der Waals surface area contributed by atoms with Crippen LogP contribution in [0.4, 0.5) is 5.69 Å². The minimum absolute atomic E-state index is 0.0169. The molecule has 0 spiro atoms. The van der Waals surface area contributed by atoms with Crippen LogP contribution in [-0.2, 0) is 0 Å². The maximum atomic E-state index is 12.2. The van der Waals surface area contributed by atoms with Gasteiger partial charge in [-0.1, -0.05) is 6.42 Å². The summed E-state index contributed by atoms with van der Waals surface area (Å²) in [6.07, 6.45) is 5.10. The number of rotatable bonds is 4. The topological polar surface area (TPSA) is 84.6 Å². The smallest absolute Gasteiger partial charge is 0.267 e. The summed E-state index contributed by atoms with van der Waals surface area (Å²) in [6.45, 7) is 3.60. The van der Waals surface area contributed by atoms with Crippen LogP contribution in [0, 0.1) is 34.8 Å². The predicted molar refractivity (Wildman–Crippen MR) is 87.3 cm³/mol. The summed E-state index contributed by atoms with van der Waals surface area (Å²) in [5.41, 5.74) is 4.45. The number of nitrogens with one attached hydrogen (secondary N) is 1. The highest BCUT2D eigenvalue weighted by Crippen LogP contribution is 2.48. The van der Waals surface area contributed by atoms with Gasteiger partial charge in [0.1, 0.15) is 0 Å². The molecule has 3 atom stereocenters. The summed E-state index contributed by atoms with van der Waals surface area (Å²) in [5, 5.41) is 15.1. The largest absolute Gasteiger partial charge is 0.272 e. The fourth-order valence-electron chi connectivity index (χ4n) is 4.04. The molecule has 0 heterocycles. The first-order chi connectivity index (χ1) is 11.0. The van der Waals surface area contributed by atoms with Crippen LogP contribution in [0.3, 0.4) is 0 Å². The van der Waals surface area contributed by atoms with E-state index in [2.05, 4.69) is 10.5 Å². The third-order valence-corrected chi connectivity index (χ3v) is 5.26. The van der Waals surface area contributed by atoms with Gasteiger partial charge in [0.2, 0.25) is 0 Å². The van der Waals surface area contributed by atoms with Gasteiger partial charge in [-0.15, -0.1) is 0 Å². The van der Waals surface area contributed by atoms with Gasteiger partial charge in [0.25, 0.3) is 11.6 Å². The lowest BCUT2D eigenvalue weighted by molar-refractivity contribution is -0.385. The molecule has 1 aromatic carbocycles. The molecule has 6 heteroatoms. The summed E-state index contributed by atoms with van der Waals surface area (Å²) in [4.78, 5) is 22.5. The van der Waals surface area contributed by atoms with E-state index in [4.69, 9.17) is 0 Å². The number of nitrogens with zero attached hydrogens (tertiary/aromatic N) is 2. The number of hydrazone groups is 1. The highest BCUT2D eigenvalue weighted by Gasteiger charge is 2.40. The van der Waals surface area contributed by atoms with E-state index in [1.54, 1.807) is 6.92 Å². The fourth-order valence-corrected chi connectivity index (χ4v) is 4.04. The Morgan fingerprint density at radius 2 is 2.13 bits per heavy atom. The molecule has 3 rings (SSSR count). The summed E-state index contributed by atoms with van der Waals surface area (Å²) < 4.78 is 0. The molecule has 23 heavy (non-hydrogen) atoms. The molecule has 1 aromatic rings. The van der Waals surface area contributed by atoms with Crippen molar-refractivity contribution in [3.05, 3.63) is 39.4 Å². The van der Waals surface area contributed by atoms with Gasteiger partial charge in [-0.2, -0.15) is 5.10 Å². The molecule has 0 aromatic heterocycles. The Kier molecular flexibility index (Phi) is 4.15. The lowest BCUT2D eigenvalue weighted by Crippen LogP contribution is -2.24. The van der Waals surface area contributed by atoms with E-state index in [0.29, 0.717) is 17.0 Å². The lowest BCUT2D eigenvalue weighted by atomic mass is 9.86. The van der Waals surface area contributed by atoms with Crippen LogP contribution in [0.2, 0.25) is 0 Å². The zero-order chi connectivity index (χ0) is 16.6. The van der Waals surface area contributed by atoms with Crippen LogP contribution < -0.4 is 5.43 Å². The number of nitro groups is 1. The molecule has 2 aliphatic carbocycles. The van der Waals surface area contributed by atoms with Crippen molar-refractivity contribution in [3.63, 3.8) is 0 Å². The molecule has 2 fully saturated rings. The number of benzene rings is 1. The first-order valence-corrected chi connectivity index (χ1v) is 8.05. The average molecular weight is 315 g/mol. The molecule has 0 radical (unpaired) electrons. The molecule has 2 saturated carbocycles. The quantitative estimate of drug-likeness (QED) is 0.524. The first-order valence-electron chi connectivity index (χ1n) is 8.05. The Labute approximate surface area is 135 Å². The van der Waals surface area contributed by atoms with Crippen molar-refractivity contribution in [2.75, 3.05) is 0 Å². The second kappa shape index (κ2) is 6.10. The minimum atomic E-state index is -0.450. The zero-order valence-electron chi connectivity index (χ0n) is 13.4. The molecule has 1 amide bonds. The van der Waals surface area contributed by atoms with E-state index in [1.807, 2.05) is 6.92 Å². The van der Waals surface area contributed by atoms with E-state index in [1.165, 1.54) is 43.9 Å². The van der Waals surface area contributed by atoms with E-state index in [-0.39, 0.29) is 11.6 Å². The summed E-state index contributed by atoms with van der Waals surface area (Å²) in [6, 6.07) is 4.34. The van der Waals surface area contributed by atoms with Crippen LogP contribution in [-0.4, -0.2) is 16.5 Å². The number of fused-ring (bicyclic) bond motifs is 2. The van der Waals surface area contributed by atoms with E-state index in [0.717, 1.165) is 17.5 Å². The third kappa shape index (κ3) is 3.11. The van der Waals surface area contributed by atoms with Gasteiger partial charge in [-0.25, -0.2) is 5.43 Å². The monoisotopic (exact) mass is 315 g/mol. The van der Waals surface area contributed by atoms with Crippen LogP contribution >= 0.6 is 0 Å². The number of hydrogen-bond donors (Lipinski definition) is 1. The van der Waals surface area contributed by atoms with Gasteiger partial charge in [-0.3, -0.25) is 14.9 Å². The van der Waals surface area contributed by atoms with Crippen molar-refractivity contribution in [3.8, 4) is 0 Å². The maximum Gasteiger partial charge on any atom is 0.272 e. The van der Waals surface area contributed by atoms with Crippen molar-refractivity contribution < 1.29 is 9.72 Å². The van der Waals surface area contributed by atoms with E-state index < -0.39 is 4.92 Å². The number of nitro benzene ring substituents is 1. The summed E-state index contributed by atoms with van der Waals surface area (Å²) in [5.74, 6) is 1.73. The van der Waals surface area contributed by atoms with E-state index >= 15 is 0 Å². The maximum absolute atomic E-state index is 12.2. The Morgan fingerprint density at radius 1 is 1.35 bits per heavy atom. The number of hydrogen-bond acceptors (Lipinski definition) is 4. The van der Waals surface area contributed by atoms with Gasteiger partial charge < -0.3 is 0 Å². The summed E-state index contributed by atoms with van der Waals surface area (Å²) >= 11 is 0. The lowest BCUT2D eigenvalue weighted by Gasteiger charge is -2.21. The van der Waals surface area contributed by atoms with Gasteiger partial charge in [-0.05, 0) is 57.1 Å². The zero-order valence-corrected chi connectivity index (χ0v) is 13.4. The Balaban J connectivity index is 1.66. The third-order valence-electron chi connectivity index (χ3n) is 5.26. The predicted octanol–water partition coefficient (Wildman–Crippen LogP) is 3.45.